The van der Waals surface area contributed by atoms with Crippen molar-refractivity contribution in [3.8, 4) is 0 Å². The number of amides is 1. The van der Waals surface area contributed by atoms with Crippen LogP contribution in [0.4, 0.5) is 0 Å². The Morgan fingerprint density at radius 1 is 0.325 bits per heavy atom. The van der Waals surface area contributed by atoms with Crippen LogP contribution in [0.25, 0.3) is 0 Å². The summed E-state index contributed by atoms with van der Waals surface area (Å²) in [6.07, 6.45) is 92.8. The van der Waals surface area contributed by atoms with Crippen molar-refractivity contribution in [1.29, 1.82) is 0 Å². The summed E-state index contributed by atoms with van der Waals surface area (Å²) in [6.45, 7) is 4.96. The lowest BCUT2D eigenvalue weighted by Gasteiger charge is -2.20. The molecular formula is C77H149NO5. The molecule has 0 rings (SSSR count). The minimum absolute atomic E-state index is 0.0212. The van der Waals surface area contributed by atoms with E-state index in [-0.39, 0.29) is 18.5 Å². The number of unbranched alkanes of at least 4 members (excludes halogenated alkanes) is 59. The van der Waals surface area contributed by atoms with E-state index in [1.54, 1.807) is 6.08 Å². The van der Waals surface area contributed by atoms with Gasteiger partial charge in [0.25, 0.3) is 0 Å². The van der Waals surface area contributed by atoms with Gasteiger partial charge in [-0.2, -0.15) is 0 Å². The molecular weight excluding hydrogens is 1020 g/mol. The van der Waals surface area contributed by atoms with E-state index in [0.717, 1.165) is 38.5 Å². The first-order chi connectivity index (χ1) is 41.0. The molecule has 0 bridgehead atoms. The van der Waals surface area contributed by atoms with Crippen molar-refractivity contribution < 1.29 is 24.5 Å². The Kier molecular flexibility index (Phi) is 71.4. The molecule has 0 saturated heterocycles. The SMILES string of the molecule is CCCCCCCCCCCCCCCCCCCC/C=C/C(O)C(CO)NC(=O)CCCCCCCCCCCCCCCC/C=C\CCCCCCCCCCCCCCOC(=O)CCCCCCCCCCCCCCCCCC. The number of rotatable bonds is 72. The van der Waals surface area contributed by atoms with Crippen molar-refractivity contribution in [2.45, 2.75) is 443 Å². The van der Waals surface area contributed by atoms with E-state index < -0.39 is 12.1 Å². The minimum atomic E-state index is -0.844. The normalized spacial score (nSPS) is 12.6. The highest BCUT2D eigenvalue weighted by molar-refractivity contribution is 5.76. The Morgan fingerprint density at radius 3 is 0.855 bits per heavy atom. The molecule has 0 spiro atoms. The molecule has 1 amide bonds. The summed E-state index contributed by atoms with van der Waals surface area (Å²) in [5.74, 6) is -0.0409. The van der Waals surface area contributed by atoms with Crippen LogP contribution in [0.15, 0.2) is 24.3 Å². The number of allylic oxidation sites excluding steroid dienone is 3. The Hall–Kier alpha value is -1.66. The summed E-state index contributed by atoms with van der Waals surface area (Å²) in [6, 6.07) is -0.627. The number of carbonyl (C=O) groups excluding carboxylic acids is 2. The van der Waals surface area contributed by atoms with E-state index in [2.05, 4.69) is 31.3 Å². The predicted molar refractivity (Wildman–Crippen MR) is 366 cm³/mol. The minimum Gasteiger partial charge on any atom is -0.466 e. The molecule has 6 nitrogen and oxygen atoms in total. The molecule has 492 valence electrons. The molecule has 0 aliphatic heterocycles. The molecule has 0 saturated carbocycles. The maximum absolute atomic E-state index is 12.5. The van der Waals surface area contributed by atoms with Gasteiger partial charge in [0.2, 0.25) is 5.91 Å². The molecule has 83 heavy (non-hydrogen) atoms. The molecule has 6 heteroatoms. The monoisotopic (exact) mass is 1170 g/mol. The summed E-state index contributed by atoms with van der Waals surface area (Å²) < 4.78 is 5.51. The van der Waals surface area contributed by atoms with E-state index in [1.807, 2.05) is 6.08 Å². The Bertz CT molecular complexity index is 1300. The van der Waals surface area contributed by atoms with Crippen LogP contribution in [-0.2, 0) is 14.3 Å². The lowest BCUT2D eigenvalue weighted by molar-refractivity contribution is -0.143. The molecule has 0 aromatic heterocycles. The number of esters is 1. The van der Waals surface area contributed by atoms with Crippen LogP contribution in [0.2, 0.25) is 0 Å². The van der Waals surface area contributed by atoms with E-state index in [0.29, 0.717) is 19.4 Å². The highest BCUT2D eigenvalue weighted by Gasteiger charge is 2.18. The average Bonchev–Trinajstić information content (AvgIpc) is 3.49. The Labute approximate surface area is 520 Å². The average molecular weight is 1170 g/mol. The van der Waals surface area contributed by atoms with Crippen molar-refractivity contribution in [1.82, 2.24) is 5.32 Å². The molecule has 0 fully saturated rings. The number of hydrogen-bond acceptors (Lipinski definition) is 5. The first-order valence-electron chi connectivity index (χ1n) is 38.1. The lowest BCUT2D eigenvalue weighted by Crippen LogP contribution is -2.45. The van der Waals surface area contributed by atoms with Crippen LogP contribution >= 0.6 is 0 Å². The van der Waals surface area contributed by atoms with Gasteiger partial charge in [-0.1, -0.05) is 385 Å². The molecule has 0 aliphatic rings. The molecule has 0 aromatic rings. The summed E-state index contributed by atoms with van der Waals surface area (Å²) in [4.78, 5) is 24.6. The van der Waals surface area contributed by atoms with Crippen LogP contribution in [0.1, 0.15) is 431 Å². The van der Waals surface area contributed by atoms with E-state index in [1.165, 1.54) is 366 Å². The van der Waals surface area contributed by atoms with Crippen molar-refractivity contribution in [2.24, 2.45) is 0 Å². The highest BCUT2D eigenvalue weighted by Crippen LogP contribution is 2.19. The fourth-order valence-electron chi connectivity index (χ4n) is 12.2. The number of nitrogens with one attached hydrogen (secondary N) is 1. The zero-order chi connectivity index (χ0) is 59.9. The molecule has 2 unspecified atom stereocenters. The van der Waals surface area contributed by atoms with Crippen LogP contribution < -0.4 is 5.32 Å². The summed E-state index contributed by atoms with van der Waals surface area (Å²) in [7, 11) is 0. The predicted octanol–water partition coefficient (Wildman–Crippen LogP) is 24.9. The van der Waals surface area contributed by atoms with E-state index in [4.69, 9.17) is 4.74 Å². The molecule has 2 atom stereocenters. The quantitative estimate of drug-likeness (QED) is 0.0320. The number of carbonyl (C=O) groups is 2. The first-order valence-corrected chi connectivity index (χ1v) is 38.1. The van der Waals surface area contributed by atoms with E-state index >= 15 is 0 Å². The zero-order valence-corrected chi connectivity index (χ0v) is 56.5. The van der Waals surface area contributed by atoms with Gasteiger partial charge in [-0.3, -0.25) is 9.59 Å². The van der Waals surface area contributed by atoms with Gasteiger partial charge in [0.1, 0.15) is 0 Å². The third-order valence-corrected chi connectivity index (χ3v) is 18.0. The third-order valence-electron chi connectivity index (χ3n) is 18.0. The topological polar surface area (TPSA) is 95.9 Å². The van der Waals surface area contributed by atoms with Crippen molar-refractivity contribution in [3.05, 3.63) is 24.3 Å². The van der Waals surface area contributed by atoms with Gasteiger partial charge in [0.05, 0.1) is 25.4 Å². The molecule has 0 heterocycles. The third kappa shape index (κ3) is 69.3. The number of aliphatic hydroxyl groups is 2. The van der Waals surface area contributed by atoms with Crippen LogP contribution in [0.3, 0.4) is 0 Å². The highest BCUT2D eigenvalue weighted by atomic mass is 16.5. The van der Waals surface area contributed by atoms with Gasteiger partial charge >= 0.3 is 5.97 Å². The Morgan fingerprint density at radius 2 is 0.566 bits per heavy atom. The van der Waals surface area contributed by atoms with Gasteiger partial charge in [-0.05, 0) is 57.8 Å². The maximum Gasteiger partial charge on any atom is 0.305 e. The fourth-order valence-corrected chi connectivity index (χ4v) is 12.2. The second kappa shape index (κ2) is 72.8. The van der Waals surface area contributed by atoms with Crippen molar-refractivity contribution in [3.63, 3.8) is 0 Å². The van der Waals surface area contributed by atoms with Gasteiger partial charge < -0.3 is 20.3 Å². The second-order valence-electron chi connectivity index (χ2n) is 26.3. The fraction of sp³-hybridized carbons (Fsp3) is 0.922. The molecule has 0 aromatic carbocycles. The van der Waals surface area contributed by atoms with Crippen LogP contribution in [0.5, 0.6) is 0 Å². The van der Waals surface area contributed by atoms with Gasteiger partial charge in [0, 0.05) is 12.8 Å². The summed E-state index contributed by atoms with van der Waals surface area (Å²) in [5, 5.41) is 23.3. The molecule has 0 aliphatic carbocycles. The largest absolute Gasteiger partial charge is 0.466 e. The second-order valence-corrected chi connectivity index (χ2v) is 26.3. The number of hydrogen-bond donors (Lipinski definition) is 3. The number of aliphatic hydroxyl groups excluding tert-OH is 2. The van der Waals surface area contributed by atoms with Gasteiger partial charge in [-0.25, -0.2) is 0 Å². The number of ether oxygens (including phenoxy) is 1. The summed E-state index contributed by atoms with van der Waals surface area (Å²) in [5.41, 5.74) is 0. The molecule has 0 radical (unpaired) electrons. The van der Waals surface area contributed by atoms with Gasteiger partial charge in [0.15, 0.2) is 0 Å². The summed E-state index contributed by atoms with van der Waals surface area (Å²) >= 11 is 0. The van der Waals surface area contributed by atoms with E-state index in [9.17, 15) is 19.8 Å². The smallest absolute Gasteiger partial charge is 0.305 e. The zero-order valence-electron chi connectivity index (χ0n) is 56.5. The lowest BCUT2D eigenvalue weighted by atomic mass is 10.0. The first kappa shape index (κ1) is 81.3. The van der Waals surface area contributed by atoms with Crippen molar-refractivity contribution >= 4 is 11.9 Å². The van der Waals surface area contributed by atoms with Crippen LogP contribution in [0, 0.1) is 0 Å². The molecule has 3 N–H and O–H groups in total. The maximum atomic E-state index is 12.5. The van der Waals surface area contributed by atoms with Crippen LogP contribution in [-0.4, -0.2) is 47.4 Å². The Balaban J connectivity index is 3.37. The van der Waals surface area contributed by atoms with Crippen molar-refractivity contribution in [2.75, 3.05) is 13.2 Å². The standard InChI is InChI=1S/C77H149NO5/c1-3-5-7-9-11-13-15-17-19-21-22-35-38-41-45-49-53-57-61-65-69-75(80)74(73-79)78-76(81)70-66-62-58-54-50-46-42-39-36-33-31-29-27-25-23-24-26-28-30-32-34-37-40-44-48-52-56-60-64-68-72-83-77(82)71-67-63-59-55-51-47-43-20-18-16-14-12-10-8-6-4-2/h24,26,65,69,74-75,79-80H,3-23,25,27-64,66-68,70-73H2,1-2H3,(H,78,81)/b26-24-,69-65+. The van der Waals surface area contributed by atoms with Gasteiger partial charge in [-0.15, -0.1) is 0 Å².